The lowest BCUT2D eigenvalue weighted by Gasteiger charge is -2.05. The largest absolute Gasteiger partial charge is 0.446 e. The number of nitrogens with zero attached hydrogens (tertiary/aromatic N) is 1. The minimum atomic E-state index is -1.06. The van der Waals surface area contributed by atoms with Crippen LogP contribution >= 0.6 is 0 Å². The monoisotopic (exact) mass is 341 g/mol. The van der Waals surface area contributed by atoms with Crippen LogP contribution < -0.4 is 11.1 Å². The molecule has 0 saturated heterocycles. The van der Waals surface area contributed by atoms with Gasteiger partial charge in [0.05, 0.1) is 17.0 Å². The molecule has 2 aromatic carbocycles. The van der Waals surface area contributed by atoms with E-state index in [4.69, 9.17) is 15.4 Å². The van der Waals surface area contributed by atoms with Crippen LogP contribution in [0.2, 0.25) is 0 Å². The summed E-state index contributed by atoms with van der Waals surface area (Å²) in [5.74, 6) is -4.22. The summed E-state index contributed by atoms with van der Waals surface area (Å²) in [6.07, 6.45) is 0. The van der Waals surface area contributed by atoms with Crippen LogP contribution in [-0.4, -0.2) is 11.8 Å². The predicted octanol–water partition coefficient (Wildman–Crippen LogP) is 2.93. The van der Waals surface area contributed by atoms with Crippen LogP contribution in [0.3, 0.4) is 0 Å². The van der Waals surface area contributed by atoms with Gasteiger partial charge in [0.1, 0.15) is 11.5 Å². The molecule has 0 aliphatic rings. The summed E-state index contributed by atoms with van der Waals surface area (Å²) in [5, 5.41) is 11.1. The molecule has 0 unspecified atom stereocenters. The molecule has 0 aliphatic carbocycles. The Morgan fingerprint density at radius 1 is 1.20 bits per heavy atom. The fourth-order valence-corrected chi connectivity index (χ4v) is 2.34. The number of fused-ring (bicyclic) bond motifs is 1. The van der Waals surface area contributed by atoms with E-state index in [1.54, 1.807) is 0 Å². The molecule has 3 rings (SSSR count). The molecule has 1 heterocycles. The van der Waals surface area contributed by atoms with Crippen LogP contribution in [0, 0.1) is 23.0 Å². The zero-order valence-corrected chi connectivity index (χ0v) is 12.5. The molecule has 0 spiro atoms. The fraction of sp³-hybridized carbons (Fsp3) is 0. The Kier molecular flexibility index (Phi) is 3.91. The maximum atomic E-state index is 13.8. The molecular weight excluding hydrogens is 332 g/mol. The summed E-state index contributed by atoms with van der Waals surface area (Å²) in [6.45, 7) is 0. The SMILES string of the molecule is N#Cc1cccc(C(=O)Nc2c(C(N)=O)oc3c(F)cc(F)cc23)c1. The zero-order chi connectivity index (χ0) is 18.1. The molecule has 0 saturated carbocycles. The van der Waals surface area contributed by atoms with Crippen molar-refractivity contribution in [1.29, 1.82) is 5.26 Å². The van der Waals surface area contributed by atoms with Crippen LogP contribution in [0.1, 0.15) is 26.5 Å². The first-order chi connectivity index (χ1) is 11.9. The summed E-state index contributed by atoms with van der Waals surface area (Å²) in [6, 6.07) is 9.13. The van der Waals surface area contributed by atoms with Gasteiger partial charge < -0.3 is 15.5 Å². The Bertz CT molecular complexity index is 1070. The minimum absolute atomic E-state index is 0.112. The highest BCUT2D eigenvalue weighted by molar-refractivity contribution is 6.14. The van der Waals surface area contributed by atoms with Gasteiger partial charge in [-0.05, 0) is 24.3 Å². The van der Waals surface area contributed by atoms with Crippen molar-refractivity contribution < 1.29 is 22.8 Å². The lowest BCUT2D eigenvalue weighted by atomic mass is 10.1. The highest BCUT2D eigenvalue weighted by Gasteiger charge is 2.23. The number of primary amides is 1. The second-order valence-corrected chi connectivity index (χ2v) is 5.08. The highest BCUT2D eigenvalue weighted by Crippen LogP contribution is 2.33. The molecule has 6 nitrogen and oxygen atoms in total. The Labute approximate surface area is 139 Å². The number of anilines is 1. The van der Waals surface area contributed by atoms with Crippen LogP contribution in [0.15, 0.2) is 40.8 Å². The molecule has 0 atom stereocenters. The summed E-state index contributed by atoms with van der Waals surface area (Å²) in [5.41, 5.74) is 4.89. The first-order valence-corrected chi connectivity index (χ1v) is 6.93. The van der Waals surface area contributed by atoms with Crippen molar-refractivity contribution in [2.24, 2.45) is 5.73 Å². The molecule has 124 valence electrons. The number of amides is 2. The van der Waals surface area contributed by atoms with Gasteiger partial charge in [-0.3, -0.25) is 9.59 Å². The van der Waals surface area contributed by atoms with E-state index in [2.05, 4.69) is 5.32 Å². The first-order valence-electron chi connectivity index (χ1n) is 6.93. The lowest BCUT2D eigenvalue weighted by molar-refractivity contribution is 0.0977. The number of nitrogens with two attached hydrogens (primary N) is 1. The number of carbonyl (C=O) groups is 2. The number of nitriles is 1. The molecule has 2 amide bonds. The number of nitrogens with one attached hydrogen (secondary N) is 1. The molecule has 0 fully saturated rings. The number of benzene rings is 2. The van der Waals surface area contributed by atoms with Gasteiger partial charge in [0, 0.05) is 11.6 Å². The smallest absolute Gasteiger partial charge is 0.286 e. The number of furan rings is 1. The van der Waals surface area contributed by atoms with E-state index in [9.17, 15) is 18.4 Å². The van der Waals surface area contributed by atoms with Gasteiger partial charge in [-0.15, -0.1) is 0 Å². The van der Waals surface area contributed by atoms with E-state index in [0.717, 1.165) is 6.07 Å². The maximum absolute atomic E-state index is 13.8. The van der Waals surface area contributed by atoms with E-state index in [0.29, 0.717) is 6.07 Å². The van der Waals surface area contributed by atoms with Gasteiger partial charge >= 0.3 is 0 Å². The van der Waals surface area contributed by atoms with E-state index in [-0.39, 0.29) is 22.2 Å². The van der Waals surface area contributed by atoms with E-state index < -0.39 is 34.8 Å². The zero-order valence-electron chi connectivity index (χ0n) is 12.5. The summed E-state index contributed by atoms with van der Waals surface area (Å²) >= 11 is 0. The maximum Gasteiger partial charge on any atom is 0.286 e. The highest BCUT2D eigenvalue weighted by atomic mass is 19.1. The van der Waals surface area contributed by atoms with Crippen molar-refractivity contribution >= 4 is 28.5 Å². The van der Waals surface area contributed by atoms with Crippen molar-refractivity contribution in [2.45, 2.75) is 0 Å². The second-order valence-electron chi connectivity index (χ2n) is 5.08. The summed E-state index contributed by atoms with van der Waals surface area (Å²) < 4.78 is 32.4. The van der Waals surface area contributed by atoms with Crippen molar-refractivity contribution in [2.75, 3.05) is 5.32 Å². The molecule has 1 aromatic heterocycles. The van der Waals surface area contributed by atoms with Crippen LogP contribution in [0.5, 0.6) is 0 Å². The molecule has 25 heavy (non-hydrogen) atoms. The van der Waals surface area contributed by atoms with Crippen molar-refractivity contribution in [3.8, 4) is 6.07 Å². The quantitative estimate of drug-likeness (QED) is 0.763. The predicted molar refractivity (Wildman–Crippen MR) is 83.8 cm³/mol. The molecular formula is C17H9F2N3O3. The van der Waals surface area contributed by atoms with Crippen molar-refractivity contribution in [1.82, 2.24) is 0 Å². The third kappa shape index (κ3) is 2.90. The normalized spacial score (nSPS) is 10.4. The Balaban J connectivity index is 2.11. The average molecular weight is 341 g/mol. The molecule has 0 bridgehead atoms. The standard InChI is InChI=1S/C17H9F2N3O3/c18-10-5-11-13(15(16(21)23)25-14(11)12(19)6-10)22-17(24)9-3-1-2-8(4-9)7-20/h1-6H,(H2,21,23)(H,22,24). The number of rotatable bonds is 3. The Morgan fingerprint density at radius 3 is 2.64 bits per heavy atom. The summed E-state index contributed by atoms with van der Waals surface area (Å²) in [7, 11) is 0. The number of hydrogen-bond acceptors (Lipinski definition) is 4. The first kappa shape index (κ1) is 16.1. The van der Waals surface area contributed by atoms with Crippen molar-refractivity contribution in [3.63, 3.8) is 0 Å². The second kappa shape index (κ2) is 6.05. The van der Waals surface area contributed by atoms with E-state index >= 15 is 0 Å². The average Bonchev–Trinajstić information content (AvgIpc) is 2.94. The fourth-order valence-electron chi connectivity index (χ4n) is 2.34. The molecule has 8 heteroatoms. The number of carbonyl (C=O) groups excluding carboxylic acids is 2. The summed E-state index contributed by atoms with van der Waals surface area (Å²) in [4.78, 5) is 23.9. The Morgan fingerprint density at radius 2 is 1.96 bits per heavy atom. The van der Waals surface area contributed by atoms with Gasteiger partial charge in [0.2, 0.25) is 5.76 Å². The van der Waals surface area contributed by atoms with Gasteiger partial charge in [0.15, 0.2) is 11.4 Å². The van der Waals surface area contributed by atoms with Crippen LogP contribution in [0.25, 0.3) is 11.0 Å². The van der Waals surface area contributed by atoms with Gasteiger partial charge in [-0.2, -0.15) is 5.26 Å². The lowest BCUT2D eigenvalue weighted by Crippen LogP contribution is -2.17. The van der Waals surface area contributed by atoms with Crippen LogP contribution in [0.4, 0.5) is 14.5 Å². The van der Waals surface area contributed by atoms with Gasteiger partial charge in [0.25, 0.3) is 11.8 Å². The van der Waals surface area contributed by atoms with E-state index in [1.165, 1.54) is 24.3 Å². The third-order valence-electron chi connectivity index (χ3n) is 3.43. The topological polar surface area (TPSA) is 109 Å². The number of halogens is 2. The van der Waals surface area contributed by atoms with Gasteiger partial charge in [-0.1, -0.05) is 6.07 Å². The molecule has 0 radical (unpaired) electrons. The van der Waals surface area contributed by atoms with E-state index in [1.807, 2.05) is 6.07 Å². The minimum Gasteiger partial charge on any atom is -0.446 e. The molecule has 3 N–H and O–H groups in total. The van der Waals surface area contributed by atoms with Gasteiger partial charge in [-0.25, -0.2) is 8.78 Å². The Hall–Kier alpha value is -3.73. The number of hydrogen-bond donors (Lipinski definition) is 2. The van der Waals surface area contributed by atoms with Crippen molar-refractivity contribution in [3.05, 3.63) is 64.9 Å². The molecule has 3 aromatic rings. The third-order valence-corrected chi connectivity index (χ3v) is 3.43. The molecule has 0 aliphatic heterocycles. The van der Waals surface area contributed by atoms with Crippen LogP contribution in [-0.2, 0) is 0 Å².